The normalized spacial score (nSPS) is 12.1. The van der Waals surface area contributed by atoms with Gasteiger partial charge in [-0.05, 0) is 31.5 Å². The van der Waals surface area contributed by atoms with Crippen LogP contribution in [0.4, 0.5) is 18.9 Å². The van der Waals surface area contributed by atoms with E-state index in [0.717, 1.165) is 6.07 Å². The zero-order valence-electron chi connectivity index (χ0n) is 9.14. The maximum atomic E-state index is 12.6. The molecule has 16 heavy (non-hydrogen) atoms. The highest BCUT2D eigenvalue weighted by atomic mass is 19.4. The van der Waals surface area contributed by atoms with Crippen LogP contribution in [0.15, 0.2) is 18.2 Å². The van der Waals surface area contributed by atoms with Gasteiger partial charge in [0, 0.05) is 5.69 Å². The van der Waals surface area contributed by atoms with Crippen LogP contribution in [0.1, 0.15) is 25.0 Å². The third kappa shape index (κ3) is 3.41. The topological polar surface area (TPSA) is 35.2 Å². The molecule has 5 heteroatoms. The lowest BCUT2D eigenvalue weighted by Gasteiger charge is -2.15. The van der Waals surface area contributed by atoms with E-state index in [1.807, 2.05) is 0 Å². The predicted molar refractivity (Wildman–Crippen MR) is 55.8 cm³/mol. The van der Waals surface area contributed by atoms with E-state index in [0.29, 0.717) is 0 Å². The zero-order chi connectivity index (χ0) is 12.3. The highest BCUT2D eigenvalue weighted by Gasteiger charge is 2.33. The molecule has 90 valence electrons. The van der Waals surface area contributed by atoms with Crippen molar-refractivity contribution in [2.24, 2.45) is 0 Å². The Balaban J connectivity index is 2.99. The van der Waals surface area contributed by atoms with Crippen molar-refractivity contribution in [2.45, 2.75) is 32.7 Å². The maximum Gasteiger partial charge on any atom is 0.416 e. The van der Waals surface area contributed by atoms with Crippen LogP contribution in [0.2, 0.25) is 0 Å². The molecule has 0 bridgehead atoms. The van der Waals surface area contributed by atoms with Crippen LogP contribution >= 0.6 is 0 Å². The molecule has 2 N–H and O–H groups in total. The standard InChI is InChI=1S/C11H14F3NO/c1-7(2)16-6-8-3-4-9(15)5-10(8)11(12,13)14/h3-5,7H,6,15H2,1-2H3. The van der Waals surface area contributed by atoms with Gasteiger partial charge in [0.25, 0.3) is 0 Å². The first-order chi connectivity index (χ1) is 7.30. The fraction of sp³-hybridized carbons (Fsp3) is 0.455. The Labute approximate surface area is 92.2 Å². The molecular formula is C11H14F3NO. The second-order valence-corrected chi connectivity index (χ2v) is 3.77. The summed E-state index contributed by atoms with van der Waals surface area (Å²) in [6, 6.07) is 3.72. The van der Waals surface area contributed by atoms with Gasteiger partial charge in [0.1, 0.15) is 0 Å². The molecule has 0 aliphatic heterocycles. The van der Waals surface area contributed by atoms with Gasteiger partial charge in [-0.2, -0.15) is 13.2 Å². The highest BCUT2D eigenvalue weighted by Crippen LogP contribution is 2.33. The van der Waals surface area contributed by atoms with Crippen LogP contribution < -0.4 is 5.73 Å². The summed E-state index contributed by atoms with van der Waals surface area (Å²) in [6.45, 7) is 3.47. The van der Waals surface area contributed by atoms with Crippen LogP contribution in [-0.4, -0.2) is 6.10 Å². The molecule has 0 aromatic heterocycles. The average Bonchev–Trinajstić information content (AvgIpc) is 2.14. The lowest BCUT2D eigenvalue weighted by Crippen LogP contribution is -2.12. The van der Waals surface area contributed by atoms with Crippen molar-refractivity contribution in [2.75, 3.05) is 5.73 Å². The average molecular weight is 233 g/mol. The van der Waals surface area contributed by atoms with Gasteiger partial charge in [-0.3, -0.25) is 0 Å². The molecule has 0 heterocycles. The minimum absolute atomic E-state index is 0.0627. The van der Waals surface area contributed by atoms with Crippen molar-refractivity contribution < 1.29 is 17.9 Å². The van der Waals surface area contributed by atoms with Crippen molar-refractivity contribution in [3.63, 3.8) is 0 Å². The van der Waals surface area contributed by atoms with Gasteiger partial charge in [-0.15, -0.1) is 0 Å². The Morgan fingerprint density at radius 3 is 2.44 bits per heavy atom. The van der Waals surface area contributed by atoms with Gasteiger partial charge in [0.05, 0.1) is 18.3 Å². The van der Waals surface area contributed by atoms with Gasteiger partial charge in [-0.1, -0.05) is 6.07 Å². The van der Waals surface area contributed by atoms with E-state index in [2.05, 4.69) is 0 Å². The molecule has 0 unspecified atom stereocenters. The van der Waals surface area contributed by atoms with E-state index in [4.69, 9.17) is 10.5 Å². The SMILES string of the molecule is CC(C)OCc1ccc(N)cc1C(F)(F)F. The number of rotatable bonds is 3. The summed E-state index contributed by atoms with van der Waals surface area (Å²) in [6.07, 6.45) is -4.51. The van der Waals surface area contributed by atoms with Crippen molar-refractivity contribution >= 4 is 5.69 Å². The summed E-state index contributed by atoms with van der Waals surface area (Å²) in [5.41, 5.74) is 4.82. The molecule has 0 fully saturated rings. The highest BCUT2D eigenvalue weighted by molar-refractivity contribution is 5.45. The van der Waals surface area contributed by atoms with Crippen LogP contribution in [0, 0.1) is 0 Å². The Kier molecular flexibility index (Phi) is 3.80. The van der Waals surface area contributed by atoms with E-state index in [-0.39, 0.29) is 24.0 Å². The first-order valence-corrected chi connectivity index (χ1v) is 4.88. The summed E-state index contributed by atoms with van der Waals surface area (Å²) in [7, 11) is 0. The van der Waals surface area contributed by atoms with E-state index >= 15 is 0 Å². The molecule has 0 saturated carbocycles. The first-order valence-electron chi connectivity index (χ1n) is 4.88. The number of ether oxygens (including phenoxy) is 1. The summed E-state index contributed by atoms with van der Waals surface area (Å²) in [5.74, 6) is 0. The third-order valence-electron chi connectivity index (χ3n) is 2.01. The molecule has 0 amide bonds. The minimum Gasteiger partial charge on any atom is -0.399 e. The molecule has 2 nitrogen and oxygen atoms in total. The van der Waals surface area contributed by atoms with Crippen LogP contribution in [0.25, 0.3) is 0 Å². The fourth-order valence-corrected chi connectivity index (χ4v) is 1.24. The predicted octanol–water partition coefficient (Wildman–Crippen LogP) is 3.21. The third-order valence-corrected chi connectivity index (χ3v) is 2.01. The summed E-state index contributed by atoms with van der Waals surface area (Å²) in [4.78, 5) is 0. The number of nitrogen functional groups attached to an aromatic ring is 1. The van der Waals surface area contributed by atoms with Gasteiger partial charge in [-0.25, -0.2) is 0 Å². The lowest BCUT2D eigenvalue weighted by molar-refractivity contribution is -0.139. The van der Waals surface area contributed by atoms with Crippen LogP contribution in [0.3, 0.4) is 0 Å². The second kappa shape index (κ2) is 4.74. The Morgan fingerprint density at radius 1 is 1.31 bits per heavy atom. The smallest absolute Gasteiger partial charge is 0.399 e. The van der Waals surface area contributed by atoms with E-state index in [9.17, 15) is 13.2 Å². The number of anilines is 1. The van der Waals surface area contributed by atoms with Crippen LogP contribution in [0.5, 0.6) is 0 Å². The monoisotopic (exact) mass is 233 g/mol. The van der Waals surface area contributed by atoms with Crippen LogP contribution in [-0.2, 0) is 17.5 Å². The van der Waals surface area contributed by atoms with Crippen molar-refractivity contribution in [3.8, 4) is 0 Å². The van der Waals surface area contributed by atoms with Gasteiger partial charge >= 0.3 is 6.18 Å². The largest absolute Gasteiger partial charge is 0.416 e. The van der Waals surface area contributed by atoms with E-state index in [1.54, 1.807) is 13.8 Å². The lowest BCUT2D eigenvalue weighted by atomic mass is 10.1. The number of alkyl halides is 3. The molecule has 0 saturated heterocycles. The van der Waals surface area contributed by atoms with E-state index in [1.165, 1.54) is 12.1 Å². The Hall–Kier alpha value is -1.23. The summed E-state index contributed by atoms with van der Waals surface area (Å²) >= 11 is 0. The fourth-order valence-electron chi connectivity index (χ4n) is 1.24. The molecule has 0 atom stereocenters. The number of benzene rings is 1. The molecular weight excluding hydrogens is 219 g/mol. The zero-order valence-corrected chi connectivity index (χ0v) is 9.14. The Bertz CT molecular complexity index is 361. The maximum absolute atomic E-state index is 12.6. The molecule has 0 aliphatic rings. The molecule has 1 rings (SSSR count). The van der Waals surface area contributed by atoms with Gasteiger partial charge in [0.15, 0.2) is 0 Å². The number of halogens is 3. The van der Waals surface area contributed by atoms with Crippen molar-refractivity contribution in [3.05, 3.63) is 29.3 Å². The summed E-state index contributed by atoms with van der Waals surface area (Å²) in [5, 5.41) is 0. The van der Waals surface area contributed by atoms with Gasteiger partial charge in [0.2, 0.25) is 0 Å². The Morgan fingerprint density at radius 2 is 1.94 bits per heavy atom. The molecule has 0 aliphatic carbocycles. The molecule has 1 aromatic rings. The molecule has 0 radical (unpaired) electrons. The van der Waals surface area contributed by atoms with Gasteiger partial charge < -0.3 is 10.5 Å². The molecule has 1 aromatic carbocycles. The first kappa shape index (κ1) is 12.8. The number of hydrogen-bond acceptors (Lipinski definition) is 2. The second-order valence-electron chi connectivity index (χ2n) is 3.77. The number of nitrogens with two attached hydrogens (primary N) is 1. The van der Waals surface area contributed by atoms with Crippen molar-refractivity contribution in [1.82, 2.24) is 0 Å². The quantitative estimate of drug-likeness (QED) is 0.813. The molecule has 0 spiro atoms. The summed E-state index contributed by atoms with van der Waals surface area (Å²) < 4.78 is 43.1. The minimum atomic E-state index is -4.40. The van der Waals surface area contributed by atoms with E-state index < -0.39 is 11.7 Å². The number of hydrogen-bond donors (Lipinski definition) is 1. The van der Waals surface area contributed by atoms with Crippen molar-refractivity contribution in [1.29, 1.82) is 0 Å².